The molecule has 0 bridgehead atoms. The Kier molecular flexibility index (Phi) is 6.95. The molecule has 26 heavy (non-hydrogen) atoms. The fourth-order valence-corrected chi connectivity index (χ4v) is 4.73. The summed E-state index contributed by atoms with van der Waals surface area (Å²) >= 11 is 0. The summed E-state index contributed by atoms with van der Waals surface area (Å²) in [4.78, 5) is 7.02. The van der Waals surface area contributed by atoms with E-state index in [4.69, 9.17) is 4.74 Å². The van der Waals surface area contributed by atoms with Crippen molar-refractivity contribution in [2.75, 3.05) is 33.3 Å². The molecular formula is C22H35N3O. The third-order valence-corrected chi connectivity index (χ3v) is 6.32. The first-order valence-corrected chi connectivity index (χ1v) is 10.4. The third-order valence-electron chi connectivity index (χ3n) is 6.32. The standard InChI is InChI=1S/C22H35N3O/c1-4-17(5-2)20-11-13-25(16-20)22(23-3)24-15-19-12-14-26-21(19)18-9-7-6-8-10-18/h6-10,17,19-21H,4-5,11-16H2,1-3H3,(H,23,24). The minimum absolute atomic E-state index is 0.206. The van der Waals surface area contributed by atoms with Crippen LogP contribution in [0, 0.1) is 17.8 Å². The van der Waals surface area contributed by atoms with Gasteiger partial charge in [-0.25, -0.2) is 0 Å². The fraction of sp³-hybridized carbons (Fsp3) is 0.682. The Hall–Kier alpha value is -1.55. The Labute approximate surface area is 159 Å². The zero-order chi connectivity index (χ0) is 18.4. The van der Waals surface area contributed by atoms with Crippen molar-refractivity contribution in [1.29, 1.82) is 0 Å². The Morgan fingerprint density at radius 2 is 2.00 bits per heavy atom. The lowest BCUT2D eigenvalue weighted by molar-refractivity contribution is 0.0914. The van der Waals surface area contributed by atoms with Gasteiger partial charge >= 0.3 is 0 Å². The molecule has 2 aliphatic heterocycles. The summed E-state index contributed by atoms with van der Waals surface area (Å²) in [6, 6.07) is 10.6. The molecule has 3 unspecified atom stereocenters. The van der Waals surface area contributed by atoms with Gasteiger partial charge in [0.05, 0.1) is 6.10 Å². The molecule has 1 N–H and O–H groups in total. The Balaban J connectivity index is 1.55. The van der Waals surface area contributed by atoms with Crippen LogP contribution in [0.25, 0.3) is 0 Å². The number of nitrogens with zero attached hydrogens (tertiary/aromatic N) is 2. The van der Waals surface area contributed by atoms with Crippen LogP contribution >= 0.6 is 0 Å². The summed E-state index contributed by atoms with van der Waals surface area (Å²) in [5.74, 6) is 3.24. The number of ether oxygens (including phenoxy) is 1. The molecule has 3 atom stereocenters. The molecule has 3 rings (SSSR count). The van der Waals surface area contributed by atoms with Crippen LogP contribution in [0.4, 0.5) is 0 Å². The molecule has 0 aromatic heterocycles. The predicted molar refractivity (Wildman–Crippen MR) is 108 cm³/mol. The Morgan fingerprint density at radius 3 is 2.69 bits per heavy atom. The number of hydrogen-bond donors (Lipinski definition) is 1. The van der Waals surface area contributed by atoms with E-state index in [9.17, 15) is 0 Å². The second-order valence-electron chi connectivity index (χ2n) is 7.75. The highest BCUT2D eigenvalue weighted by Crippen LogP contribution is 2.34. The largest absolute Gasteiger partial charge is 0.373 e. The second kappa shape index (κ2) is 9.40. The smallest absolute Gasteiger partial charge is 0.193 e. The van der Waals surface area contributed by atoms with Gasteiger partial charge in [-0.05, 0) is 30.2 Å². The van der Waals surface area contributed by atoms with Crippen molar-refractivity contribution in [3.8, 4) is 0 Å². The number of rotatable bonds is 6. The van der Waals surface area contributed by atoms with E-state index < -0.39 is 0 Å². The summed E-state index contributed by atoms with van der Waals surface area (Å²) in [6.07, 6.45) is 5.20. The van der Waals surface area contributed by atoms with Crippen LogP contribution in [-0.2, 0) is 4.74 Å². The van der Waals surface area contributed by atoms with Gasteiger partial charge in [-0.1, -0.05) is 57.0 Å². The highest BCUT2D eigenvalue weighted by Gasteiger charge is 2.32. The number of benzene rings is 1. The van der Waals surface area contributed by atoms with Crippen LogP contribution in [-0.4, -0.2) is 44.1 Å². The minimum atomic E-state index is 0.206. The van der Waals surface area contributed by atoms with Gasteiger partial charge < -0.3 is 15.0 Å². The Morgan fingerprint density at radius 1 is 1.23 bits per heavy atom. The van der Waals surface area contributed by atoms with Crippen molar-refractivity contribution in [2.45, 2.75) is 45.6 Å². The number of aliphatic imine (C=N–C) groups is 1. The first kappa shape index (κ1) is 19.2. The molecule has 2 saturated heterocycles. The molecule has 2 heterocycles. The van der Waals surface area contributed by atoms with Gasteiger partial charge in [0.25, 0.3) is 0 Å². The zero-order valence-corrected chi connectivity index (χ0v) is 16.7. The van der Waals surface area contributed by atoms with Gasteiger partial charge in [0.2, 0.25) is 0 Å². The normalized spacial score (nSPS) is 26.7. The molecular weight excluding hydrogens is 322 g/mol. The van der Waals surface area contributed by atoms with Crippen molar-refractivity contribution in [1.82, 2.24) is 10.2 Å². The van der Waals surface area contributed by atoms with E-state index in [1.54, 1.807) is 0 Å². The highest BCUT2D eigenvalue weighted by atomic mass is 16.5. The van der Waals surface area contributed by atoms with Gasteiger partial charge in [-0.2, -0.15) is 0 Å². The molecule has 0 spiro atoms. The van der Waals surface area contributed by atoms with Gasteiger partial charge in [0.15, 0.2) is 5.96 Å². The lowest BCUT2D eigenvalue weighted by atomic mass is 9.87. The average molecular weight is 358 g/mol. The topological polar surface area (TPSA) is 36.9 Å². The summed E-state index contributed by atoms with van der Waals surface area (Å²) in [7, 11) is 1.91. The second-order valence-corrected chi connectivity index (χ2v) is 7.75. The van der Waals surface area contributed by atoms with Gasteiger partial charge in [-0.3, -0.25) is 4.99 Å². The number of guanidine groups is 1. The predicted octanol–water partition coefficient (Wildman–Crippen LogP) is 4.10. The van der Waals surface area contributed by atoms with Crippen molar-refractivity contribution in [3.05, 3.63) is 35.9 Å². The van der Waals surface area contributed by atoms with Crippen molar-refractivity contribution >= 4 is 5.96 Å². The Bertz CT molecular complexity index is 570. The lowest BCUT2D eigenvalue weighted by Gasteiger charge is -2.26. The zero-order valence-electron chi connectivity index (χ0n) is 16.7. The summed E-state index contributed by atoms with van der Waals surface area (Å²) in [5.41, 5.74) is 1.29. The quantitative estimate of drug-likeness (QED) is 0.615. The number of nitrogens with one attached hydrogen (secondary N) is 1. The summed E-state index contributed by atoms with van der Waals surface area (Å²) in [6.45, 7) is 8.71. The monoisotopic (exact) mass is 357 g/mol. The van der Waals surface area contributed by atoms with E-state index in [2.05, 4.69) is 59.4 Å². The average Bonchev–Trinajstić information content (AvgIpc) is 3.34. The fourth-order valence-electron chi connectivity index (χ4n) is 4.73. The van der Waals surface area contributed by atoms with Crippen molar-refractivity contribution in [3.63, 3.8) is 0 Å². The van der Waals surface area contributed by atoms with Crippen LogP contribution < -0.4 is 5.32 Å². The van der Waals surface area contributed by atoms with Crippen LogP contribution in [0.15, 0.2) is 35.3 Å². The lowest BCUT2D eigenvalue weighted by Crippen LogP contribution is -2.42. The highest BCUT2D eigenvalue weighted by molar-refractivity contribution is 5.80. The third kappa shape index (κ3) is 4.40. The van der Waals surface area contributed by atoms with Gasteiger partial charge in [0.1, 0.15) is 0 Å². The minimum Gasteiger partial charge on any atom is -0.373 e. The van der Waals surface area contributed by atoms with Crippen molar-refractivity contribution < 1.29 is 4.74 Å². The van der Waals surface area contributed by atoms with E-state index in [0.29, 0.717) is 5.92 Å². The number of hydrogen-bond acceptors (Lipinski definition) is 2. The molecule has 4 nitrogen and oxygen atoms in total. The number of likely N-dealkylation sites (tertiary alicyclic amines) is 1. The van der Waals surface area contributed by atoms with E-state index in [1.807, 2.05) is 7.05 Å². The molecule has 2 aliphatic rings. The van der Waals surface area contributed by atoms with E-state index in [1.165, 1.54) is 24.8 Å². The summed E-state index contributed by atoms with van der Waals surface area (Å²) in [5, 5.41) is 3.64. The summed E-state index contributed by atoms with van der Waals surface area (Å²) < 4.78 is 6.03. The van der Waals surface area contributed by atoms with Gasteiger partial charge in [0, 0.05) is 39.2 Å². The van der Waals surface area contributed by atoms with Crippen LogP contribution in [0.5, 0.6) is 0 Å². The van der Waals surface area contributed by atoms with E-state index >= 15 is 0 Å². The molecule has 1 aromatic carbocycles. The van der Waals surface area contributed by atoms with Gasteiger partial charge in [-0.15, -0.1) is 0 Å². The SMILES string of the molecule is CCC(CC)C1CCN(C(=NC)NCC2CCOC2c2ccccc2)C1. The maximum absolute atomic E-state index is 6.03. The first-order valence-electron chi connectivity index (χ1n) is 10.4. The molecule has 0 radical (unpaired) electrons. The molecule has 2 fully saturated rings. The van der Waals surface area contributed by atoms with Crippen LogP contribution in [0.3, 0.4) is 0 Å². The molecule has 4 heteroatoms. The maximum Gasteiger partial charge on any atom is 0.193 e. The molecule has 144 valence electrons. The molecule has 0 aliphatic carbocycles. The molecule has 0 saturated carbocycles. The first-order chi connectivity index (χ1) is 12.8. The van der Waals surface area contributed by atoms with E-state index in [-0.39, 0.29) is 6.10 Å². The van der Waals surface area contributed by atoms with Crippen molar-refractivity contribution in [2.24, 2.45) is 22.7 Å². The molecule has 0 amide bonds. The van der Waals surface area contributed by atoms with Crippen LogP contribution in [0.1, 0.15) is 51.2 Å². The molecule has 1 aromatic rings. The maximum atomic E-state index is 6.03. The van der Waals surface area contributed by atoms with E-state index in [0.717, 1.165) is 50.5 Å². The van der Waals surface area contributed by atoms with Crippen LogP contribution in [0.2, 0.25) is 0 Å².